The van der Waals surface area contributed by atoms with Crippen LogP contribution in [0, 0.1) is 0 Å². The van der Waals surface area contributed by atoms with Gasteiger partial charge >= 0.3 is 6.18 Å². The molecule has 14 heteroatoms. The normalized spacial score (nSPS) is 11.9. The van der Waals surface area contributed by atoms with Crippen molar-refractivity contribution >= 4 is 27.9 Å². The van der Waals surface area contributed by atoms with Crippen LogP contribution in [0.25, 0.3) is 0 Å². The second-order valence-corrected chi connectivity index (χ2v) is 6.81. The minimum absolute atomic E-state index is 0.0179. The number of rotatable bonds is 8. The third kappa shape index (κ3) is 6.84. The molecule has 0 atom stereocenters. The number of sulfonamides is 1. The van der Waals surface area contributed by atoms with E-state index in [0.29, 0.717) is 6.42 Å². The summed E-state index contributed by atoms with van der Waals surface area (Å²) < 4.78 is 59.2. The molecule has 2 aromatic rings. The summed E-state index contributed by atoms with van der Waals surface area (Å²) in [5, 5.41) is 18.6. The molecule has 0 spiro atoms. The van der Waals surface area contributed by atoms with E-state index in [9.17, 15) is 21.6 Å². The Morgan fingerprint density at radius 3 is 2.07 bits per heavy atom. The van der Waals surface area contributed by atoms with Crippen molar-refractivity contribution in [2.45, 2.75) is 17.5 Å². The minimum Gasteiger partial charge on any atom is -0.354 e. The molecule has 148 valence electrons. The number of nitrogens with one attached hydrogen (secondary N) is 3. The van der Waals surface area contributed by atoms with E-state index in [4.69, 9.17) is 10.3 Å². The molecule has 0 aliphatic rings. The van der Waals surface area contributed by atoms with E-state index < -0.39 is 22.7 Å². The number of halogens is 3. The van der Waals surface area contributed by atoms with Crippen molar-refractivity contribution in [2.75, 3.05) is 29.2 Å². The smallest absolute Gasteiger partial charge is 0.354 e. The van der Waals surface area contributed by atoms with Gasteiger partial charge in [-0.2, -0.15) is 28.1 Å². The van der Waals surface area contributed by atoms with Crippen LogP contribution in [0.5, 0.6) is 0 Å². The summed E-state index contributed by atoms with van der Waals surface area (Å²) in [6.07, 6.45) is -4.03. The van der Waals surface area contributed by atoms with Gasteiger partial charge in [0, 0.05) is 6.54 Å². The van der Waals surface area contributed by atoms with Crippen LogP contribution in [-0.4, -0.2) is 47.8 Å². The van der Waals surface area contributed by atoms with Crippen LogP contribution in [-0.2, 0) is 16.4 Å². The SMILES string of the molecule is NS(=O)(=O)c1ccc(CCNc2nc(NO)nc(NCC(F)(F)F)n2)cc1. The molecule has 1 heterocycles. The van der Waals surface area contributed by atoms with Crippen LogP contribution in [0.2, 0.25) is 0 Å². The monoisotopic (exact) mass is 407 g/mol. The van der Waals surface area contributed by atoms with Gasteiger partial charge in [0.1, 0.15) is 6.54 Å². The van der Waals surface area contributed by atoms with Gasteiger partial charge in [-0.25, -0.2) is 19.0 Å². The molecular weight excluding hydrogens is 391 g/mol. The first-order valence-corrected chi connectivity index (χ1v) is 8.94. The molecule has 0 aliphatic heterocycles. The van der Waals surface area contributed by atoms with Gasteiger partial charge in [-0.1, -0.05) is 12.1 Å². The zero-order valence-electron chi connectivity index (χ0n) is 13.7. The number of nitrogens with two attached hydrogens (primary N) is 1. The van der Waals surface area contributed by atoms with Crippen molar-refractivity contribution in [1.29, 1.82) is 0 Å². The topological polar surface area (TPSA) is 155 Å². The lowest BCUT2D eigenvalue weighted by Gasteiger charge is -2.11. The first-order chi connectivity index (χ1) is 12.6. The highest BCUT2D eigenvalue weighted by atomic mass is 32.2. The van der Waals surface area contributed by atoms with Crippen LogP contribution in [0.1, 0.15) is 5.56 Å². The molecule has 0 bridgehead atoms. The van der Waals surface area contributed by atoms with E-state index >= 15 is 0 Å². The predicted octanol–water partition coefficient (Wildman–Crippen LogP) is 0.949. The fraction of sp³-hybridized carbons (Fsp3) is 0.308. The molecule has 1 aromatic heterocycles. The van der Waals surface area contributed by atoms with Crippen molar-refractivity contribution in [3.63, 3.8) is 0 Å². The Balaban J connectivity index is 1.98. The minimum atomic E-state index is -4.46. The van der Waals surface area contributed by atoms with Gasteiger partial charge in [0.25, 0.3) is 5.95 Å². The van der Waals surface area contributed by atoms with Crippen LogP contribution in [0.15, 0.2) is 29.2 Å². The fourth-order valence-electron chi connectivity index (χ4n) is 1.93. The summed E-state index contributed by atoms with van der Waals surface area (Å²) >= 11 is 0. The number of primary sulfonamides is 1. The number of anilines is 3. The van der Waals surface area contributed by atoms with Crippen LogP contribution in [0.3, 0.4) is 0 Å². The lowest BCUT2D eigenvalue weighted by molar-refractivity contribution is -0.115. The molecule has 0 fully saturated rings. The lowest BCUT2D eigenvalue weighted by atomic mass is 10.1. The van der Waals surface area contributed by atoms with Gasteiger partial charge < -0.3 is 10.6 Å². The van der Waals surface area contributed by atoms with Crippen molar-refractivity contribution in [2.24, 2.45) is 5.14 Å². The zero-order chi connectivity index (χ0) is 20.1. The average Bonchev–Trinajstić information content (AvgIpc) is 2.59. The quantitative estimate of drug-likeness (QED) is 0.402. The van der Waals surface area contributed by atoms with E-state index in [1.54, 1.807) is 17.6 Å². The van der Waals surface area contributed by atoms with Crippen LogP contribution in [0.4, 0.5) is 31.0 Å². The zero-order valence-corrected chi connectivity index (χ0v) is 14.5. The summed E-state index contributed by atoms with van der Waals surface area (Å²) in [6, 6.07) is 5.87. The number of nitrogens with zero attached hydrogens (tertiary/aromatic N) is 3. The van der Waals surface area contributed by atoms with Crippen LogP contribution < -0.4 is 21.3 Å². The summed E-state index contributed by atoms with van der Waals surface area (Å²) in [7, 11) is -3.77. The maximum absolute atomic E-state index is 12.3. The molecule has 0 radical (unpaired) electrons. The summed E-state index contributed by atoms with van der Waals surface area (Å²) in [6.45, 7) is -1.07. The fourth-order valence-corrected chi connectivity index (χ4v) is 2.44. The third-order valence-corrected chi connectivity index (χ3v) is 4.06. The molecule has 27 heavy (non-hydrogen) atoms. The average molecular weight is 407 g/mol. The number of benzene rings is 1. The number of aromatic nitrogens is 3. The Kier molecular flexibility index (Phi) is 6.35. The highest BCUT2D eigenvalue weighted by Gasteiger charge is 2.27. The van der Waals surface area contributed by atoms with E-state index in [0.717, 1.165) is 5.56 Å². The van der Waals surface area contributed by atoms with Gasteiger partial charge in [0.2, 0.25) is 21.9 Å². The van der Waals surface area contributed by atoms with E-state index in [2.05, 4.69) is 20.3 Å². The predicted molar refractivity (Wildman–Crippen MR) is 89.8 cm³/mol. The molecule has 0 unspecified atom stereocenters. The Hall–Kier alpha value is -2.71. The standard InChI is InChI=1S/C13H16F3N7O3S/c14-13(15,16)7-19-11-20-10(21-12(22-11)23-24)18-6-5-8-1-3-9(4-2-8)27(17,25)26/h1-4,24H,5-7H2,(H2,17,25,26)(H3,18,19,20,21,22,23). The molecule has 0 aliphatic carbocycles. The third-order valence-electron chi connectivity index (χ3n) is 3.13. The number of hydrogen-bond acceptors (Lipinski definition) is 9. The van der Waals surface area contributed by atoms with E-state index in [-0.39, 0.29) is 29.3 Å². The molecule has 0 saturated heterocycles. The second-order valence-electron chi connectivity index (χ2n) is 5.25. The largest absolute Gasteiger partial charge is 0.405 e. The molecule has 1 aromatic carbocycles. The summed E-state index contributed by atoms with van der Waals surface area (Å²) in [5.74, 6) is -0.777. The molecule has 0 amide bonds. The second kappa shape index (κ2) is 8.32. The van der Waals surface area contributed by atoms with Crippen LogP contribution >= 0.6 is 0 Å². The Morgan fingerprint density at radius 2 is 1.56 bits per heavy atom. The Morgan fingerprint density at radius 1 is 1.00 bits per heavy atom. The first kappa shape index (κ1) is 20.6. The van der Waals surface area contributed by atoms with Crippen molar-refractivity contribution < 1.29 is 26.8 Å². The van der Waals surface area contributed by atoms with Gasteiger partial charge in [-0.05, 0) is 24.1 Å². The molecule has 0 saturated carbocycles. The Labute approximate surface area is 152 Å². The summed E-state index contributed by atoms with van der Waals surface area (Å²) in [4.78, 5) is 11.1. The molecular formula is C13H16F3N7O3S. The summed E-state index contributed by atoms with van der Waals surface area (Å²) in [5.41, 5.74) is 2.42. The first-order valence-electron chi connectivity index (χ1n) is 7.39. The van der Waals surface area contributed by atoms with Gasteiger partial charge in [-0.3, -0.25) is 5.21 Å². The van der Waals surface area contributed by atoms with Crippen molar-refractivity contribution in [1.82, 2.24) is 15.0 Å². The number of hydrogen-bond donors (Lipinski definition) is 5. The maximum Gasteiger partial charge on any atom is 0.405 e. The Bertz CT molecular complexity index is 876. The number of alkyl halides is 3. The van der Waals surface area contributed by atoms with Gasteiger partial charge in [-0.15, -0.1) is 0 Å². The highest BCUT2D eigenvalue weighted by Crippen LogP contribution is 2.16. The van der Waals surface area contributed by atoms with Gasteiger partial charge in [0.05, 0.1) is 4.90 Å². The van der Waals surface area contributed by atoms with E-state index in [1.165, 1.54) is 12.1 Å². The lowest BCUT2D eigenvalue weighted by Crippen LogP contribution is -2.23. The highest BCUT2D eigenvalue weighted by molar-refractivity contribution is 7.89. The molecule has 6 N–H and O–H groups in total. The maximum atomic E-state index is 12.3. The van der Waals surface area contributed by atoms with Gasteiger partial charge in [0.15, 0.2) is 0 Å². The molecule has 10 nitrogen and oxygen atoms in total. The van der Waals surface area contributed by atoms with E-state index in [1.807, 2.05) is 5.32 Å². The van der Waals surface area contributed by atoms with Crippen molar-refractivity contribution in [3.05, 3.63) is 29.8 Å². The molecule has 2 rings (SSSR count). The van der Waals surface area contributed by atoms with Crippen molar-refractivity contribution in [3.8, 4) is 0 Å².